The molecule has 1 aliphatic heterocycles. The first-order chi connectivity index (χ1) is 18.8. The van der Waals surface area contributed by atoms with Gasteiger partial charge in [0, 0.05) is 11.6 Å². The highest BCUT2D eigenvalue weighted by Gasteiger charge is 2.57. The summed E-state index contributed by atoms with van der Waals surface area (Å²) in [6.45, 7) is 2.16. The Hall–Kier alpha value is -3.19. The molecule has 0 spiro atoms. The molecule has 0 aromatic heterocycles. The molecule has 1 unspecified atom stereocenters. The fraction of sp³-hybridized carbons (Fsp3) is 0.484. The van der Waals surface area contributed by atoms with E-state index in [0.717, 1.165) is 29.7 Å². The lowest BCUT2D eigenvalue weighted by Crippen LogP contribution is -2.57. The average molecular weight is 549 g/mol. The lowest BCUT2D eigenvalue weighted by atomic mass is 9.49. The van der Waals surface area contributed by atoms with Gasteiger partial charge in [0.1, 0.15) is 6.04 Å². The molecular formula is C31H33ClN2O5. The first-order valence-electron chi connectivity index (χ1n) is 14.0. The van der Waals surface area contributed by atoms with Gasteiger partial charge in [0.15, 0.2) is 0 Å². The molecule has 4 bridgehead atoms. The van der Waals surface area contributed by atoms with Crippen LogP contribution in [0.3, 0.4) is 0 Å². The molecule has 1 saturated heterocycles. The molecule has 5 aliphatic rings. The second kappa shape index (κ2) is 10.1. The molecule has 4 aliphatic carbocycles. The number of carbonyl (C=O) groups is 4. The van der Waals surface area contributed by atoms with Crippen molar-refractivity contribution < 1.29 is 23.9 Å². The predicted octanol–water partition coefficient (Wildman–Crippen LogP) is 5.39. The fourth-order valence-corrected chi connectivity index (χ4v) is 8.10. The summed E-state index contributed by atoms with van der Waals surface area (Å²) >= 11 is 6.51. The average Bonchev–Trinajstić information content (AvgIpc) is 3.20. The zero-order valence-corrected chi connectivity index (χ0v) is 22.9. The zero-order chi connectivity index (χ0) is 27.3. The molecule has 39 heavy (non-hydrogen) atoms. The molecule has 7 rings (SSSR count). The van der Waals surface area contributed by atoms with E-state index in [9.17, 15) is 19.2 Å². The molecule has 5 fully saturated rings. The summed E-state index contributed by atoms with van der Waals surface area (Å²) in [5.41, 5.74) is 1.01. The van der Waals surface area contributed by atoms with Crippen LogP contribution in [0, 0.1) is 23.2 Å². The maximum absolute atomic E-state index is 14.5. The van der Waals surface area contributed by atoms with E-state index in [1.165, 1.54) is 19.3 Å². The lowest BCUT2D eigenvalue weighted by molar-refractivity contribution is -0.162. The number of anilines is 1. The topological polar surface area (TPSA) is 84.0 Å². The van der Waals surface area contributed by atoms with E-state index in [4.69, 9.17) is 16.3 Å². The molecule has 0 N–H and O–H groups in total. The van der Waals surface area contributed by atoms with Crippen molar-refractivity contribution in [1.82, 2.24) is 4.90 Å². The van der Waals surface area contributed by atoms with E-state index in [1.54, 1.807) is 42.2 Å². The van der Waals surface area contributed by atoms with Gasteiger partial charge in [0.2, 0.25) is 11.8 Å². The minimum atomic E-state index is -0.904. The molecule has 4 saturated carbocycles. The quantitative estimate of drug-likeness (QED) is 0.342. The van der Waals surface area contributed by atoms with Crippen LogP contribution in [0.4, 0.5) is 5.69 Å². The number of halogens is 1. The Bertz CT molecular complexity index is 1290. The van der Waals surface area contributed by atoms with Crippen LogP contribution >= 0.6 is 11.6 Å². The lowest BCUT2D eigenvalue weighted by Gasteiger charge is -2.57. The maximum Gasteiger partial charge on any atom is 0.338 e. The highest BCUT2D eigenvalue weighted by Crippen LogP contribution is 2.60. The molecular weight excluding hydrogens is 516 g/mol. The van der Waals surface area contributed by atoms with Crippen molar-refractivity contribution in [3.63, 3.8) is 0 Å². The second-order valence-electron chi connectivity index (χ2n) is 11.8. The van der Waals surface area contributed by atoms with Gasteiger partial charge in [-0.25, -0.2) is 9.69 Å². The van der Waals surface area contributed by atoms with Crippen LogP contribution < -0.4 is 4.90 Å². The summed E-state index contributed by atoms with van der Waals surface area (Å²) in [7, 11) is 0. The zero-order valence-electron chi connectivity index (χ0n) is 22.1. The van der Waals surface area contributed by atoms with E-state index in [1.807, 2.05) is 18.2 Å². The Morgan fingerprint density at radius 3 is 2.18 bits per heavy atom. The Labute approximate surface area is 233 Å². The summed E-state index contributed by atoms with van der Waals surface area (Å²) in [5, 5.41) is 0.531. The van der Waals surface area contributed by atoms with Gasteiger partial charge in [-0.3, -0.25) is 14.4 Å². The molecule has 204 valence electrons. The molecule has 1 atom stereocenters. The number of rotatable bonds is 7. The molecule has 3 amide bonds. The number of esters is 1. The monoisotopic (exact) mass is 548 g/mol. The molecule has 7 nitrogen and oxygen atoms in total. The number of benzene rings is 2. The number of carbonyl (C=O) groups excluding carboxylic acids is 4. The van der Waals surface area contributed by atoms with Crippen molar-refractivity contribution in [3.05, 3.63) is 64.7 Å². The van der Waals surface area contributed by atoms with Crippen molar-refractivity contribution in [2.45, 2.75) is 64.5 Å². The van der Waals surface area contributed by atoms with Gasteiger partial charge in [-0.2, -0.15) is 0 Å². The van der Waals surface area contributed by atoms with Gasteiger partial charge in [-0.05, 0) is 99.1 Å². The number of amides is 3. The first-order valence-corrected chi connectivity index (χ1v) is 14.3. The van der Waals surface area contributed by atoms with Crippen molar-refractivity contribution in [3.8, 4) is 0 Å². The molecule has 1 heterocycles. The van der Waals surface area contributed by atoms with Crippen LogP contribution in [-0.2, 0) is 25.7 Å². The number of imide groups is 1. The van der Waals surface area contributed by atoms with E-state index < -0.39 is 23.3 Å². The minimum absolute atomic E-state index is 0.00724. The number of ether oxygens (including phenoxy) is 1. The van der Waals surface area contributed by atoms with Crippen molar-refractivity contribution >= 4 is 41.0 Å². The van der Waals surface area contributed by atoms with Gasteiger partial charge in [0.05, 0.1) is 29.7 Å². The van der Waals surface area contributed by atoms with E-state index in [2.05, 4.69) is 0 Å². The smallest absolute Gasteiger partial charge is 0.338 e. The van der Waals surface area contributed by atoms with E-state index in [-0.39, 0.29) is 31.4 Å². The van der Waals surface area contributed by atoms with Crippen molar-refractivity contribution in [2.75, 3.05) is 11.5 Å². The van der Waals surface area contributed by atoms with Gasteiger partial charge in [-0.1, -0.05) is 29.8 Å². The largest absolute Gasteiger partial charge is 0.462 e. The van der Waals surface area contributed by atoms with Gasteiger partial charge in [0.25, 0.3) is 5.91 Å². The summed E-state index contributed by atoms with van der Waals surface area (Å²) in [5.74, 6) is 0.443. The first kappa shape index (κ1) is 26.1. The summed E-state index contributed by atoms with van der Waals surface area (Å²) in [4.78, 5) is 56.5. The Morgan fingerprint density at radius 2 is 1.59 bits per heavy atom. The van der Waals surface area contributed by atoms with Crippen molar-refractivity contribution in [2.24, 2.45) is 23.2 Å². The standard InChI is InChI=1S/C31H33ClN2O5/c1-2-39-29(37)22-7-9-24(10-8-22)34-27(35)14-26(28(34)36)33(18-23-5-3-4-6-25(23)32)30(38)31-15-19-11-20(16-31)13-21(12-19)17-31/h3-10,19-21,26H,2,11-18H2,1H3. The third-order valence-corrected chi connectivity index (χ3v) is 9.56. The van der Waals surface area contributed by atoms with Crippen molar-refractivity contribution in [1.29, 1.82) is 0 Å². The third kappa shape index (κ3) is 4.65. The summed E-state index contributed by atoms with van der Waals surface area (Å²) < 4.78 is 5.04. The predicted molar refractivity (Wildman–Crippen MR) is 146 cm³/mol. The van der Waals surface area contributed by atoms with Crippen LogP contribution in [0.5, 0.6) is 0 Å². The molecule has 2 aromatic carbocycles. The fourth-order valence-electron chi connectivity index (χ4n) is 7.90. The summed E-state index contributed by atoms with van der Waals surface area (Å²) in [6.07, 6.45) is 6.12. The molecule has 8 heteroatoms. The maximum atomic E-state index is 14.5. The van der Waals surface area contributed by atoms with Crippen LogP contribution in [0.1, 0.15) is 67.8 Å². The Morgan fingerprint density at radius 1 is 0.974 bits per heavy atom. The van der Waals surface area contributed by atoms with Crippen LogP contribution in [0.25, 0.3) is 0 Å². The highest BCUT2D eigenvalue weighted by molar-refractivity contribution is 6.31. The minimum Gasteiger partial charge on any atom is -0.462 e. The van der Waals surface area contributed by atoms with Gasteiger partial charge < -0.3 is 9.64 Å². The number of hydrogen-bond donors (Lipinski definition) is 0. The van der Waals surface area contributed by atoms with Crippen LogP contribution in [-0.4, -0.2) is 41.2 Å². The number of nitrogens with zero attached hydrogens (tertiary/aromatic N) is 2. The Kier molecular flexibility index (Phi) is 6.74. The van der Waals surface area contributed by atoms with E-state index in [0.29, 0.717) is 34.0 Å². The SMILES string of the molecule is CCOC(=O)c1ccc(N2C(=O)CC(N(Cc3ccccc3Cl)C(=O)C34CC5CC(CC(C5)C3)C4)C2=O)cc1. The van der Waals surface area contributed by atoms with Gasteiger partial charge in [-0.15, -0.1) is 0 Å². The van der Waals surface area contributed by atoms with Crippen LogP contribution in [0.2, 0.25) is 5.02 Å². The summed E-state index contributed by atoms with van der Waals surface area (Å²) in [6, 6.07) is 12.7. The second-order valence-corrected chi connectivity index (χ2v) is 12.2. The normalized spacial score (nSPS) is 29.1. The molecule has 2 aromatic rings. The highest BCUT2D eigenvalue weighted by atomic mass is 35.5. The molecule has 0 radical (unpaired) electrons. The number of hydrogen-bond acceptors (Lipinski definition) is 5. The third-order valence-electron chi connectivity index (χ3n) is 9.19. The Balaban J connectivity index is 1.31. The van der Waals surface area contributed by atoms with E-state index >= 15 is 0 Å². The van der Waals surface area contributed by atoms with Gasteiger partial charge >= 0.3 is 5.97 Å². The van der Waals surface area contributed by atoms with Crippen LogP contribution in [0.15, 0.2) is 48.5 Å².